The van der Waals surface area contributed by atoms with Crippen molar-refractivity contribution < 1.29 is 14.4 Å². The van der Waals surface area contributed by atoms with E-state index in [9.17, 15) is 9.59 Å². The van der Waals surface area contributed by atoms with Crippen molar-refractivity contribution in [3.63, 3.8) is 0 Å². The van der Waals surface area contributed by atoms with Crippen LogP contribution in [-0.2, 0) is 14.4 Å². The highest BCUT2D eigenvalue weighted by molar-refractivity contribution is 5.76. The van der Waals surface area contributed by atoms with E-state index >= 15 is 0 Å². The van der Waals surface area contributed by atoms with Gasteiger partial charge in [0.2, 0.25) is 12.3 Å². The molecule has 0 spiro atoms. The highest BCUT2D eigenvalue weighted by Gasteiger charge is 2.26. The Balaban J connectivity index is 2.06. The van der Waals surface area contributed by atoms with Gasteiger partial charge < -0.3 is 9.80 Å². The maximum atomic E-state index is 12.9. The summed E-state index contributed by atoms with van der Waals surface area (Å²) < 4.78 is 0. The number of carbonyl (C=O) groups is 2. The van der Waals surface area contributed by atoms with Crippen LogP contribution >= 0.6 is 0 Å². The molecule has 0 bridgehead atoms. The fraction of sp³-hybridized carbons (Fsp3) is 0.935. The Labute approximate surface area is 229 Å². The van der Waals surface area contributed by atoms with Crippen LogP contribution < -0.4 is 0 Å². The van der Waals surface area contributed by atoms with E-state index in [4.69, 9.17) is 4.84 Å². The standard InChI is InChI=1S/C31H61N3O3/c1-4-5-6-7-8-9-10-11-12-13-14-15-16-17-18-23-31(36)34-27-20-19-22-30(34)24-28-37-33(29-35)26-21-25-32(2)3/h29-30H,4-28H2,1-3H3. The lowest BCUT2D eigenvalue weighted by Gasteiger charge is -2.36. The van der Waals surface area contributed by atoms with Gasteiger partial charge in [0, 0.05) is 25.6 Å². The number of hydrogen-bond acceptors (Lipinski definition) is 4. The summed E-state index contributed by atoms with van der Waals surface area (Å²) in [6.45, 7) is 5.19. The molecule has 0 aromatic heterocycles. The van der Waals surface area contributed by atoms with Crippen molar-refractivity contribution in [1.29, 1.82) is 0 Å². The van der Waals surface area contributed by atoms with Crippen LogP contribution in [0.15, 0.2) is 0 Å². The van der Waals surface area contributed by atoms with Crippen molar-refractivity contribution in [2.45, 2.75) is 148 Å². The Bertz CT molecular complexity index is 544. The summed E-state index contributed by atoms with van der Waals surface area (Å²) in [6, 6.07) is 0.257. The molecule has 1 heterocycles. The lowest BCUT2D eigenvalue weighted by Crippen LogP contribution is -2.44. The van der Waals surface area contributed by atoms with Gasteiger partial charge in [-0.3, -0.25) is 14.4 Å². The minimum atomic E-state index is 0.257. The molecule has 1 aliphatic rings. The van der Waals surface area contributed by atoms with E-state index in [0.717, 1.165) is 51.6 Å². The van der Waals surface area contributed by atoms with Gasteiger partial charge in [0.15, 0.2) is 0 Å². The molecule has 0 radical (unpaired) electrons. The highest BCUT2D eigenvalue weighted by Crippen LogP contribution is 2.22. The first kappa shape index (κ1) is 33.9. The summed E-state index contributed by atoms with van der Waals surface area (Å²) in [5, 5.41) is 1.41. The molecule has 0 aromatic carbocycles. The molecule has 1 atom stereocenters. The Morgan fingerprint density at radius 1 is 0.811 bits per heavy atom. The lowest BCUT2D eigenvalue weighted by molar-refractivity contribution is -0.175. The predicted molar refractivity (Wildman–Crippen MR) is 155 cm³/mol. The average molecular weight is 524 g/mol. The molecule has 1 saturated heterocycles. The summed E-state index contributed by atoms with van der Waals surface area (Å²) in [5.41, 5.74) is 0. The van der Waals surface area contributed by atoms with Crippen LogP contribution in [0.3, 0.4) is 0 Å². The molecule has 6 nitrogen and oxygen atoms in total. The number of nitrogens with zero attached hydrogens (tertiary/aromatic N) is 3. The molecule has 0 aromatic rings. The van der Waals surface area contributed by atoms with Crippen LogP contribution in [0.2, 0.25) is 0 Å². The van der Waals surface area contributed by atoms with Gasteiger partial charge in [-0.05, 0) is 59.2 Å². The van der Waals surface area contributed by atoms with Crippen molar-refractivity contribution in [2.75, 3.05) is 40.3 Å². The molecular weight excluding hydrogens is 462 g/mol. The summed E-state index contributed by atoms with van der Waals surface area (Å²) in [4.78, 5) is 34.1. The summed E-state index contributed by atoms with van der Waals surface area (Å²) in [7, 11) is 4.06. The molecule has 1 fully saturated rings. The fourth-order valence-electron chi connectivity index (χ4n) is 5.42. The van der Waals surface area contributed by atoms with E-state index in [1.54, 1.807) is 0 Å². The molecule has 2 amide bonds. The predicted octanol–water partition coefficient (Wildman–Crippen LogP) is 7.36. The number of hydrogen-bond donors (Lipinski definition) is 0. The Morgan fingerprint density at radius 3 is 1.92 bits per heavy atom. The number of carbonyl (C=O) groups excluding carboxylic acids is 2. The topological polar surface area (TPSA) is 53.1 Å². The van der Waals surface area contributed by atoms with Crippen LogP contribution in [0, 0.1) is 0 Å². The van der Waals surface area contributed by atoms with Crippen molar-refractivity contribution in [3.05, 3.63) is 0 Å². The second-order valence-corrected chi connectivity index (χ2v) is 11.5. The van der Waals surface area contributed by atoms with Gasteiger partial charge in [-0.15, -0.1) is 0 Å². The first-order valence-electron chi connectivity index (χ1n) is 15.9. The molecule has 1 rings (SSSR count). The molecule has 1 unspecified atom stereocenters. The van der Waals surface area contributed by atoms with Crippen molar-refractivity contribution in [1.82, 2.24) is 14.9 Å². The number of piperidine rings is 1. The normalized spacial score (nSPS) is 15.9. The Hall–Kier alpha value is -1.14. The van der Waals surface area contributed by atoms with Crippen LogP contribution in [-0.4, -0.2) is 73.6 Å². The van der Waals surface area contributed by atoms with Crippen molar-refractivity contribution in [3.8, 4) is 0 Å². The number of hydroxylamine groups is 2. The molecule has 218 valence electrons. The minimum absolute atomic E-state index is 0.257. The third-order valence-electron chi connectivity index (χ3n) is 7.75. The number of amides is 2. The zero-order chi connectivity index (χ0) is 27.0. The second-order valence-electron chi connectivity index (χ2n) is 11.5. The lowest BCUT2D eigenvalue weighted by atomic mass is 9.98. The smallest absolute Gasteiger partial charge is 0.233 e. The second kappa shape index (κ2) is 23.9. The average Bonchev–Trinajstić information content (AvgIpc) is 2.90. The first-order chi connectivity index (χ1) is 18.1. The molecule has 6 heteroatoms. The molecule has 0 aliphatic carbocycles. The van der Waals surface area contributed by atoms with Gasteiger partial charge >= 0.3 is 0 Å². The SMILES string of the molecule is CCCCCCCCCCCCCCCCCC(=O)N1CCCCC1CCON(C=O)CCCN(C)C. The zero-order valence-corrected chi connectivity index (χ0v) is 24.9. The van der Waals surface area contributed by atoms with Gasteiger partial charge in [0.1, 0.15) is 0 Å². The largest absolute Gasteiger partial charge is 0.340 e. The van der Waals surface area contributed by atoms with Gasteiger partial charge in [-0.25, -0.2) is 5.06 Å². The molecule has 0 N–H and O–H groups in total. The third kappa shape index (κ3) is 18.7. The summed E-state index contributed by atoms with van der Waals surface area (Å²) in [5.74, 6) is 0.317. The van der Waals surface area contributed by atoms with Crippen LogP contribution in [0.5, 0.6) is 0 Å². The van der Waals surface area contributed by atoms with E-state index in [2.05, 4.69) is 16.7 Å². The quantitative estimate of drug-likeness (QED) is 0.0712. The molecule has 1 aliphatic heterocycles. The number of unbranched alkanes of at least 4 members (excludes halogenated alkanes) is 14. The molecule has 37 heavy (non-hydrogen) atoms. The van der Waals surface area contributed by atoms with Gasteiger partial charge in [-0.1, -0.05) is 96.8 Å². The van der Waals surface area contributed by atoms with E-state index < -0.39 is 0 Å². The zero-order valence-electron chi connectivity index (χ0n) is 24.9. The van der Waals surface area contributed by atoms with Gasteiger partial charge in [0.25, 0.3) is 0 Å². The van der Waals surface area contributed by atoms with E-state index in [0.29, 0.717) is 25.5 Å². The first-order valence-corrected chi connectivity index (χ1v) is 15.9. The fourth-order valence-corrected chi connectivity index (χ4v) is 5.42. The Morgan fingerprint density at radius 2 is 1.38 bits per heavy atom. The van der Waals surface area contributed by atoms with Crippen molar-refractivity contribution >= 4 is 12.3 Å². The third-order valence-corrected chi connectivity index (χ3v) is 7.75. The molecule has 0 saturated carbocycles. The van der Waals surface area contributed by atoms with Crippen LogP contribution in [0.25, 0.3) is 0 Å². The summed E-state index contributed by atoms with van der Waals surface area (Å²) in [6.07, 6.45) is 26.7. The summed E-state index contributed by atoms with van der Waals surface area (Å²) >= 11 is 0. The maximum Gasteiger partial charge on any atom is 0.233 e. The van der Waals surface area contributed by atoms with Gasteiger partial charge in [-0.2, -0.15) is 0 Å². The highest BCUT2D eigenvalue weighted by atomic mass is 16.7. The van der Waals surface area contributed by atoms with E-state index in [1.807, 2.05) is 14.1 Å². The van der Waals surface area contributed by atoms with Crippen LogP contribution in [0.4, 0.5) is 0 Å². The van der Waals surface area contributed by atoms with E-state index in [1.165, 1.54) is 101 Å². The maximum absolute atomic E-state index is 12.9. The number of rotatable bonds is 25. The monoisotopic (exact) mass is 523 g/mol. The minimum Gasteiger partial charge on any atom is -0.340 e. The van der Waals surface area contributed by atoms with Crippen molar-refractivity contribution in [2.24, 2.45) is 0 Å². The molecular formula is C31H61N3O3. The Kier molecular flexibility index (Phi) is 21.9. The van der Waals surface area contributed by atoms with Gasteiger partial charge in [0.05, 0.1) is 6.61 Å². The number of likely N-dealkylation sites (tertiary alicyclic amines) is 1. The van der Waals surface area contributed by atoms with Crippen LogP contribution in [0.1, 0.15) is 142 Å². The van der Waals surface area contributed by atoms with E-state index in [-0.39, 0.29) is 6.04 Å².